The first-order valence-corrected chi connectivity index (χ1v) is 7.83. The largest absolute Gasteiger partial charge is 0.497 e. The van der Waals surface area contributed by atoms with Gasteiger partial charge in [0.25, 0.3) is 0 Å². The van der Waals surface area contributed by atoms with Gasteiger partial charge in [0.15, 0.2) is 0 Å². The number of rotatable bonds is 6. The molecule has 0 radical (unpaired) electrons. The first kappa shape index (κ1) is 15.7. The Morgan fingerprint density at radius 3 is 2.35 bits per heavy atom. The summed E-state index contributed by atoms with van der Waals surface area (Å²) >= 11 is 0. The van der Waals surface area contributed by atoms with Crippen molar-refractivity contribution in [3.05, 3.63) is 53.1 Å². The predicted octanol–water partition coefficient (Wildman–Crippen LogP) is 3.27. The number of hydrogen-bond donors (Lipinski definition) is 0. The predicted molar refractivity (Wildman–Crippen MR) is 90.4 cm³/mol. The lowest BCUT2D eigenvalue weighted by Crippen LogP contribution is -2.17. The van der Waals surface area contributed by atoms with Crippen LogP contribution in [-0.2, 0) is 19.5 Å². The highest BCUT2D eigenvalue weighted by Gasteiger charge is 2.13. The normalized spacial score (nSPS) is 12.9. The SMILES string of the molecule is COc1cc(CN(C)Cc2ccc3c(c2)CCO3)cc(OC)c1. The Bertz CT molecular complexity index is 662. The quantitative estimate of drug-likeness (QED) is 0.819. The molecular weight excluding hydrogens is 290 g/mol. The maximum absolute atomic E-state index is 5.56. The minimum atomic E-state index is 0.804. The van der Waals surface area contributed by atoms with E-state index in [1.165, 1.54) is 16.7 Å². The number of methoxy groups -OCH3 is 2. The molecule has 0 aliphatic carbocycles. The molecule has 0 bridgehead atoms. The molecular formula is C19H23NO3. The molecule has 0 spiro atoms. The summed E-state index contributed by atoms with van der Waals surface area (Å²) in [6, 6.07) is 12.5. The summed E-state index contributed by atoms with van der Waals surface area (Å²) in [5, 5.41) is 0. The van der Waals surface area contributed by atoms with Gasteiger partial charge >= 0.3 is 0 Å². The maximum Gasteiger partial charge on any atom is 0.122 e. The highest BCUT2D eigenvalue weighted by molar-refractivity contribution is 5.40. The van der Waals surface area contributed by atoms with E-state index in [0.29, 0.717) is 0 Å². The third kappa shape index (κ3) is 3.77. The Morgan fingerprint density at radius 1 is 0.957 bits per heavy atom. The second kappa shape index (κ2) is 6.92. The summed E-state index contributed by atoms with van der Waals surface area (Å²) in [6.45, 7) is 2.53. The molecule has 1 aliphatic rings. The summed E-state index contributed by atoms with van der Waals surface area (Å²) in [5.41, 5.74) is 3.80. The molecule has 1 heterocycles. The standard InChI is InChI=1S/C19H23NO3/c1-20(12-14-4-5-19-16(8-14)6-7-23-19)13-15-9-17(21-2)11-18(10-15)22-3/h4-5,8-11H,6-7,12-13H2,1-3H3. The lowest BCUT2D eigenvalue weighted by Gasteiger charge is -2.18. The van der Waals surface area contributed by atoms with Crippen LogP contribution in [0.4, 0.5) is 0 Å². The van der Waals surface area contributed by atoms with E-state index in [-0.39, 0.29) is 0 Å². The first-order chi connectivity index (χ1) is 11.2. The summed E-state index contributed by atoms with van der Waals surface area (Å²) in [7, 11) is 5.47. The smallest absolute Gasteiger partial charge is 0.122 e. The van der Waals surface area contributed by atoms with Crippen molar-refractivity contribution in [2.45, 2.75) is 19.5 Å². The van der Waals surface area contributed by atoms with E-state index in [4.69, 9.17) is 14.2 Å². The van der Waals surface area contributed by atoms with Crippen molar-refractivity contribution >= 4 is 0 Å². The second-order valence-corrected chi connectivity index (χ2v) is 5.93. The van der Waals surface area contributed by atoms with Crippen molar-refractivity contribution in [1.29, 1.82) is 0 Å². The van der Waals surface area contributed by atoms with Gasteiger partial charge in [0.05, 0.1) is 20.8 Å². The van der Waals surface area contributed by atoms with E-state index in [1.807, 2.05) is 6.07 Å². The van der Waals surface area contributed by atoms with Gasteiger partial charge in [-0.25, -0.2) is 0 Å². The average molecular weight is 313 g/mol. The molecule has 2 aromatic rings. The average Bonchev–Trinajstić information content (AvgIpc) is 3.01. The highest BCUT2D eigenvalue weighted by atomic mass is 16.5. The van der Waals surface area contributed by atoms with E-state index in [0.717, 1.165) is 43.4 Å². The highest BCUT2D eigenvalue weighted by Crippen LogP contribution is 2.27. The molecule has 0 unspecified atom stereocenters. The van der Waals surface area contributed by atoms with Gasteiger partial charge in [0.1, 0.15) is 17.2 Å². The van der Waals surface area contributed by atoms with Crippen molar-refractivity contribution in [2.24, 2.45) is 0 Å². The van der Waals surface area contributed by atoms with E-state index < -0.39 is 0 Å². The Hall–Kier alpha value is -2.20. The molecule has 23 heavy (non-hydrogen) atoms. The Balaban J connectivity index is 1.68. The van der Waals surface area contributed by atoms with Gasteiger partial charge in [-0.3, -0.25) is 4.90 Å². The molecule has 0 atom stereocenters. The van der Waals surface area contributed by atoms with Crippen molar-refractivity contribution in [3.63, 3.8) is 0 Å². The topological polar surface area (TPSA) is 30.9 Å². The summed E-state index contributed by atoms with van der Waals surface area (Å²) < 4.78 is 16.2. The molecule has 2 aromatic carbocycles. The van der Waals surface area contributed by atoms with Crippen LogP contribution >= 0.6 is 0 Å². The van der Waals surface area contributed by atoms with Crippen molar-refractivity contribution in [2.75, 3.05) is 27.9 Å². The number of ether oxygens (including phenoxy) is 3. The van der Waals surface area contributed by atoms with Crippen molar-refractivity contribution in [1.82, 2.24) is 4.90 Å². The van der Waals surface area contributed by atoms with Crippen LogP contribution in [-0.4, -0.2) is 32.8 Å². The van der Waals surface area contributed by atoms with Crippen LogP contribution in [0.3, 0.4) is 0 Å². The van der Waals surface area contributed by atoms with E-state index in [2.05, 4.69) is 42.3 Å². The molecule has 3 rings (SSSR count). The molecule has 0 fully saturated rings. The van der Waals surface area contributed by atoms with Gasteiger partial charge in [-0.15, -0.1) is 0 Å². The number of nitrogens with zero attached hydrogens (tertiary/aromatic N) is 1. The fraction of sp³-hybridized carbons (Fsp3) is 0.368. The molecule has 0 N–H and O–H groups in total. The summed E-state index contributed by atoms with van der Waals surface area (Å²) in [4.78, 5) is 2.28. The van der Waals surface area contributed by atoms with Crippen molar-refractivity contribution < 1.29 is 14.2 Å². The minimum Gasteiger partial charge on any atom is -0.497 e. The zero-order valence-corrected chi connectivity index (χ0v) is 14.0. The van der Waals surface area contributed by atoms with Crippen LogP contribution in [0.2, 0.25) is 0 Å². The molecule has 4 heteroatoms. The van der Waals surface area contributed by atoms with E-state index in [9.17, 15) is 0 Å². The third-order valence-corrected chi connectivity index (χ3v) is 4.07. The van der Waals surface area contributed by atoms with Crippen LogP contribution in [0.1, 0.15) is 16.7 Å². The lowest BCUT2D eigenvalue weighted by molar-refractivity contribution is 0.316. The van der Waals surface area contributed by atoms with Gasteiger partial charge < -0.3 is 14.2 Å². The molecule has 4 nitrogen and oxygen atoms in total. The van der Waals surface area contributed by atoms with Gasteiger partial charge in [-0.2, -0.15) is 0 Å². The van der Waals surface area contributed by atoms with Gasteiger partial charge in [-0.1, -0.05) is 12.1 Å². The Labute approximate surface area is 137 Å². The fourth-order valence-electron chi connectivity index (χ4n) is 2.98. The van der Waals surface area contributed by atoms with Gasteiger partial charge in [0.2, 0.25) is 0 Å². The summed E-state index contributed by atoms with van der Waals surface area (Å²) in [6.07, 6.45) is 1.01. The zero-order chi connectivity index (χ0) is 16.2. The van der Waals surface area contributed by atoms with Gasteiger partial charge in [-0.05, 0) is 41.9 Å². The zero-order valence-electron chi connectivity index (χ0n) is 14.0. The lowest BCUT2D eigenvalue weighted by atomic mass is 10.1. The Kier molecular flexibility index (Phi) is 4.72. The number of fused-ring (bicyclic) bond motifs is 1. The fourth-order valence-corrected chi connectivity index (χ4v) is 2.98. The van der Waals surface area contributed by atoms with E-state index >= 15 is 0 Å². The first-order valence-electron chi connectivity index (χ1n) is 7.83. The monoisotopic (exact) mass is 313 g/mol. The van der Waals surface area contributed by atoms with Crippen LogP contribution < -0.4 is 14.2 Å². The van der Waals surface area contributed by atoms with Crippen LogP contribution in [0.5, 0.6) is 17.2 Å². The third-order valence-electron chi connectivity index (χ3n) is 4.07. The van der Waals surface area contributed by atoms with Crippen LogP contribution in [0.25, 0.3) is 0 Å². The minimum absolute atomic E-state index is 0.804. The maximum atomic E-state index is 5.56. The van der Waals surface area contributed by atoms with Crippen molar-refractivity contribution in [3.8, 4) is 17.2 Å². The summed E-state index contributed by atoms with van der Waals surface area (Å²) in [5.74, 6) is 2.68. The number of hydrogen-bond acceptors (Lipinski definition) is 4. The van der Waals surface area contributed by atoms with Gasteiger partial charge in [0, 0.05) is 25.6 Å². The molecule has 0 aromatic heterocycles. The molecule has 0 saturated heterocycles. The molecule has 122 valence electrons. The molecule has 1 aliphatic heterocycles. The number of benzene rings is 2. The van der Waals surface area contributed by atoms with Crippen LogP contribution in [0.15, 0.2) is 36.4 Å². The van der Waals surface area contributed by atoms with Crippen LogP contribution in [0, 0.1) is 0 Å². The Morgan fingerprint density at radius 2 is 1.65 bits per heavy atom. The molecule has 0 saturated carbocycles. The molecule has 0 amide bonds. The van der Waals surface area contributed by atoms with E-state index in [1.54, 1.807) is 14.2 Å². The second-order valence-electron chi connectivity index (χ2n) is 5.93.